The molecule has 0 radical (unpaired) electrons. The van der Waals surface area contributed by atoms with Gasteiger partial charge in [0, 0.05) is 25.2 Å². The molecule has 0 spiro atoms. The zero-order valence-electron chi connectivity index (χ0n) is 12.3. The first-order valence-corrected chi connectivity index (χ1v) is 7.25. The van der Waals surface area contributed by atoms with Crippen LogP contribution in [0, 0.1) is 0 Å². The van der Waals surface area contributed by atoms with Crippen molar-refractivity contribution in [2.24, 2.45) is 0 Å². The van der Waals surface area contributed by atoms with Gasteiger partial charge in [-0.05, 0) is 25.1 Å². The third-order valence-electron chi connectivity index (χ3n) is 3.84. The lowest BCUT2D eigenvalue weighted by atomic mass is 10.1. The van der Waals surface area contributed by atoms with E-state index in [4.69, 9.17) is 4.74 Å². The number of H-pyrrole nitrogens is 1. The molecule has 1 aliphatic rings. The van der Waals surface area contributed by atoms with Gasteiger partial charge in [0.25, 0.3) is 11.5 Å². The van der Waals surface area contributed by atoms with Gasteiger partial charge in [0.05, 0.1) is 24.1 Å². The molecule has 0 saturated carbocycles. The fraction of sp³-hybridized carbons (Fsp3) is 0.400. The van der Waals surface area contributed by atoms with Crippen LogP contribution in [0.1, 0.15) is 17.3 Å². The zero-order valence-corrected chi connectivity index (χ0v) is 12.3. The molecular formula is C15H17N3O4. The van der Waals surface area contributed by atoms with E-state index in [0.717, 1.165) is 4.57 Å². The van der Waals surface area contributed by atoms with Gasteiger partial charge in [-0.1, -0.05) is 0 Å². The van der Waals surface area contributed by atoms with Gasteiger partial charge in [0.15, 0.2) is 0 Å². The van der Waals surface area contributed by atoms with Crippen molar-refractivity contribution in [3.05, 3.63) is 44.6 Å². The van der Waals surface area contributed by atoms with Crippen LogP contribution in [0.4, 0.5) is 0 Å². The van der Waals surface area contributed by atoms with Gasteiger partial charge in [0.1, 0.15) is 0 Å². The van der Waals surface area contributed by atoms with Crippen LogP contribution in [0.15, 0.2) is 27.8 Å². The summed E-state index contributed by atoms with van der Waals surface area (Å²) in [5.74, 6) is -0.120. The number of nitrogens with zero attached hydrogens (tertiary/aromatic N) is 2. The summed E-state index contributed by atoms with van der Waals surface area (Å²) in [5, 5.41) is 0.403. The Morgan fingerprint density at radius 2 is 2.00 bits per heavy atom. The number of hydrogen-bond donors (Lipinski definition) is 1. The third-order valence-corrected chi connectivity index (χ3v) is 3.84. The van der Waals surface area contributed by atoms with E-state index in [1.165, 1.54) is 0 Å². The number of aromatic nitrogens is 2. The number of carbonyl (C=O) groups is 1. The minimum Gasteiger partial charge on any atom is -0.378 e. The molecule has 2 heterocycles. The predicted molar refractivity (Wildman–Crippen MR) is 81.2 cm³/mol. The lowest BCUT2D eigenvalue weighted by Crippen LogP contribution is -2.40. The summed E-state index contributed by atoms with van der Waals surface area (Å²) in [4.78, 5) is 40.9. The number of ether oxygens (including phenoxy) is 1. The van der Waals surface area contributed by atoms with E-state index in [1.54, 1.807) is 30.0 Å². The predicted octanol–water partition coefficient (Wildman–Crippen LogP) is 0.182. The highest BCUT2D eigenvalue weighted by Gasteiger charge is 2.19. The first-order valence-electron chi connectivity index (χ1n) is 7.25. The zero-order chi connectivity index (χ0) is 15.7. The molecule has 7 heteroatoms. The Morgan fingerprint density at radius 1 is 1.27 bits per heavy atom. The van der Waals surface area contributed by atoms with Crippen molar-refractivity contribution in [2.75, 3.05) is 26.3 Å². The summed E-state index contributed by atoms with van der Waals surface area (Å²) < 4.78 is 6.36. The highest BCUT2D eigenvalue weighted by molar-refractivity contribution is 5.97. The highest BCUT2D eigenvalue weighted by atomic mass is 16.5. The molecular weight excluding hydrogens is 286 g/mol. The molecule has 2 aromatic rings. The smallest absolute Gasteiger partial charge is 0.328 e. The number of hydrogen-bond acceptors (Lipinski definition) is 4. The Kier molecular flexibility index (Phi) is 3.81. The number of benzene rings is 1. The molecule has 1 fully saturated rings. The molecule has 3 rings (SSSR count). The molecule has 0 unspecified atom stereocenters. The maximum absolute atomic E-state index is 12.4. The maximum Gasteiger partial charge on any atom is 0.328 e. The number of morpholine rings is 1. The van der Waals surface area contributed by atoms with Gasteiger partial charge in [-0.25, -0.2) is 4.79 Å². The number of nitrogens with one attached hydrogen (secondary N) is 1. The average molecular weight is 303 g/mol. The summed E-state index contributed by atoms with van der Waals surface area (Å²) in [6.45, 7) is 4.18. The Balaban J connectivity index is 2.05. The summed E-state index contributed by atoms with van der Waals surface area (Å²) in [5.41, 5.74) is 0.0418. The second-order valence-electron chi connectivity index (χ2n) is 5.14. The second kappa shape index (κ2) is 5.76. The van der Waals surface area contributed by atoms with Crippen molar-refractivity contribution in [1.82, 2.24) is 14.5 Å². The lowest BCUT2D eigenvalue weighted by molar-refractivity contribution is 0.0303. The lowest BCUT2D eigenvalue weighted by Gasteiger charge is -2.26. The van der Waals surface area contributed by atoms with Gasteiger partial charge in [-0.15, -0.1) is 0 Å². The molecule has 116 valence electrons. The summed E-state index contributed by atoms with van der Waals surface area (Å²) in [7, 11) is 0. The van der Waals surface area contributed by atoms with E-state index in [9.17, 15) is 14.4 Å². The topological polar surface area (TPSA) is 84.4 Å². The van der Waals surface area contributed by atoms with Crippen molar-refractivity contribution < 1.29 is 9.53 Å². The van der Waals surface area contributed by atoms with Gasteiger partial charge >= 0.3 is 5.69 Å². The van der Waals surface area contributed by atoms with E-state index < -0.39 is 5.69 Å². The van der Waals surface area contributed by atoms with Crippen LogP contribution >= 0.6 is 0 Å². The van der Waals surface area contributed by atoms with Crippen molar-refractivity contribution in [3.63, 3.8) is 0 Å². The van der Waals surface area contributed by atoms with Gasteiger partial charge < -0.3 is 14.6 Å². The minimum absolute atomic E-state index is 0.120. The molecule has 1 N–H and O–H groups in total. The molecule has 1 amide bonds. The molecule has 0 atom stereocenters. The Morgan fingerprint density at radius 3 is 2.68 bits per heavy atom. The molecule has 0 bridgehead atoms. The van der Waals surface area contributed by atoms with Crippen LogP contribution in [0.5, 0.6) is 0 Å². The molecule has 0 aliphatic carbocycles. The molecule has 22 heavy (non-hydrogen) atoms. The number of rotatable bonds is 2. The van der Waals surface area contributed by atoms with Crippen LogP contribution in [0.2, 0.25) is 0 Å². The number of carbonyl (C=O) groups excluding carboxylic acids is 1. The minimum atomic E-state index is -0.462. The summed E-state index contributed by atoms with van der Waals surface area (Å²) in [6, 6.07) is 4.78. The second-order valence-corrected chi connectivity index (χ2v) is 5.14. The van der Waals surface area contributed by atoms with Crippen molar-refractivity contribution in [1.29, 1.82) is 0 Å². The van der Waals surface area contributed by atoms with Crippen LogP contribution in [-0.4, -0.2) is 46.7 Å². The van der Waals surface area contributed by atoms with Crippen LogP contribution < -0.4 is 11.2 Å². The molecule has 1 aliphatic heterocycles. The SMILES string of the molecule is CCn1c(=O)[nH]c2cc(C(=O)N3CCOCC3)ccc2c1=O. The van der Waals surface area contributed by atoms with Crippen LogP contribution in [0.3, 0.4) is 0 Å². The van der Waals surface area contributed by atoms with Gasteiger partial charge in [0.2, 0.25) is 0 Å². The fourth-order valence-electron chi connectivity index (χ4n) is 2.62. The molecule has 1 saturated heterocycles. The van der Waals surface area contributed by atoms with Crippen molar-refractivity contribution in [3.8, 4) is 0 Å². The first kappa shape index (κ1) is 14.5. The van der Waals surface area contributed by atoms with Crippen LogP contribution in [-0.2, 0) is 11.3 Å². The third kappa shape index (κ3) is 2.43. The molecule has 1 aromatic carbocycles. The van der Waals surface area contributed by atoms with E-state index >= 15 is 0 Å². The van der Waals surface area contributed by atoms with E-state index in [1.807, 2.05) is 0 Å². The highest BCUT2D eigenvalue weighted by Crippen LogP contribution is 2.12. The number of fused-ring (bicyclic) bond motifs is 1. The fourth-order valence-corrected chi connectivity index (χ4v) is 2.62. The molecule has 1 aromatic heterocycles. The number of aromatic amines is 1. The van der Waals surface area contributed by atoms with E-state index in [2.05, 4.69) is 4.98 Å². The van der Waals surface area contributed by atoms with Gasteiger partial charge in [-0.2, -0.15) is 0 Å². The van der Waals surface area contributed by atoms with Crippen molar-refractivity contribution >= 4 is 16.8 Å². The Labute approximate surface area is 126 Å². The van der Waals surface area contributed by atoms with Gasteiger partial charge in [-0.3, -0.25) is 14.2 Å². The van der Waals surface area contributed by atoms with Crippen LogP contribution in [0.25, 0.3) is 10.9 Å². The number of amides is 1. The quantitative estimate of drug-likeness (QED) is 0.858. The molecule has 7 nitrogen and oxygen atoms in total. The standard InChI is InChI=1S/C15H17N3O4/c1-2-18-14(20)11-4-3-10(9-12(11)16-15(18)21)13(19)17-5-7-22-8-6-17/h3-4,9H,2,5-8H2,1H3,(H,16,21). The largest absolute Gasteiger partial charge is 0.378 e. The maximum atomic E-state index is 12.4. The normalized spacial score (nSPS) is 15.2. The summed E-state index contributed by atoms with van der Waals surface area (Å²) >= 11 is 0. The average Bonchev–Trinajstić information content (AvgIpc) is 2.55. The van der Waals surface area contributed by atoms with E-state index in [0.29, 0.717) is 49.3 Å². The first-order chi connectivity index (χ1) is 10.6. The summed E-state index contributed by atoms with van der Waals surface area (Å²) in [6.07, 6.45) is 0. The Bertz CT molecular complexity index is 831. The Hall–Kier alpha value is -2.41. The monoisotopic (exact) mass is 303 g/mol. The van der Waals surface area contributed by atoms with E-state index in [-0.39, 0.29) is 11.5 Å². The van der Waals surface area contributed by atoms with Crippen molar-refractivity contribution in [2.45, 2.75) is 13.5 Å².